The molecule has 14 heavy (non-hydrogen) atoms. The van der Waals surface area contributed by atoms with Crippen LogP contribution in [-0.4, -0.2) is 23.8 Å². The number of hydrogen-bond acceptors (Lipinski definition) is 5. The van der Waals surface area contributed by atoms with Crippen LogP contribution in [-0.2, 0) is 0 Å². The van der Waals surface area contributed by atoms with Gasteiger partial charge in [-0.05, 0) is 19.4 Å². The Bertz CT molecular complexity index is 279. The van der Waals surface area contributed by atoms with Crippen LogP contribution in [0.15, 0.2) is 4.52 Å². The number of nitrogens with zero attached hydrogens (tertiary/aromatic N) is 2. The molecule has 0 spiro atoms. The fourth-order valence-electron chi connectivity index (χ4n) is 1.69. The summed E-state index contributed by atoms with van der Waals surface area (Å²) in [5.41, 5.74) is 0. The van der Waals surface area contributed by atoms with E-state index in [1.807, 2.05) is 0 Å². The summed E-state index contributed by atoms with van der Waals surface area (Å²) in [6.45, 7) is 1.03. The smallest absolute Gasteiger partial charge is 0.417 e. The first-order valence-electron chi connectivity index (χ1n) is 5.01. The summed E-state index contributed by atoms with van der Waals surface area (Å²) in [5.74, 6) is 0.712. The third-order valence-corrected chi connectivity index (χ3v) is 2.47. The number of hydrogen-bond donors (Lipinski definition) is 1. The van der Waals surface area contributed by atoms with Gasteiger partial charge in [-0.3, -0.25) is 4.52 Å². The largest absolute Gasteiger partial charge is 0.452 e. The molecule has 0 aliphatic carbocycles. The Balaban J connectivity index is 2.04. The van der Waals surface area contributed by atoms with Crippen molar-refractivity contribution < 1.29 is 9.26 Å². The van der Waals surface area contributed by atoms with E-state index in [9.17, 15) is 0 Å². The van der Waals surface area contributed by atoms with Gasteiger partial charge in [-0.2, -0.15) is 4.98 Å². The van der Waals surface area contributed by atoms with Crippen molar-refractivity contribution in [1.29, 1.82) is 0 Å². The minimum absolute atomic E-state index is 0.227. The second-order valence-corrected chi connectivity index (χ2v) is 3.48. The van der Waals surface area contributed by atoms with E-state index in [4.69, 9.17) is 9.26 Å². The van der Waals surface area contributed by atoms with Crippen molar-refractivity contribution in [1.82, 2.24) is 15.5 Å². The van der Waals surface area contributed by atoms with E-state index >= 15 is 0 Å². The molecule has 1 aliphatic heterocycles. The third kappa shape index (κ3) is 2.04. The van der Waals surface area contributed by atoms with Gasteiger partial charge < -0.3 is 10.1 Å². The Morgan fingerprint density at radius 3 is 3.14 bits per heavy atom. The van der Waals surface area contributed by atoms with Crippen LogP contribution in [0.25, 0.3) is 0 Å². The van der Waals surface area contributed by atoms with Crippen LogP contribution in [0.4, 0.5) is 0 Å². The highest BCUT2D eigenvalue weighted by atomic mass is 16.6. The van der Waals surface area contributed by atoms with Crippen molar-refractivity contribution in [3.63, 3.8) is 0 Å². The monoisotopic (exact) mass is 197 g/mol. The van der Waals surface area contributed by atoms with Crippen LogP contribution in [0.5, 0.6) is 6.08 Å². The molecule has 1 saturated heterocycles. The average Bonchev–Trinajstić information content (AvgIpc) is 2.53. The van der Waals surface area contributed by atoms with E-state index in [0.717, 1.165) is 13.0 Å². The number of methoxy groups -OCH3 is 1. The van der Waals surface area contributed by atoms with Gasteiger partial charge in [0.25, 0.3) is 0 Å². The zero-order valence-corrected chi connectivity index (χ0v) is 8.32. The van der Waals surface area contributed by atoms with Gasteiger partial charge in [0, 0.05) is 0 Å². The van der Waals surface area contributed by atoms with Gasteiger partial charge in [0.15, 0.2) is 5.82 Å². The zero-order valence-electron chi connectivity index (χ0n) is 8.32. The lowest BCUT2D eigenvalue weighted by molar-refractivity contribution is 0.249. The summed E-state index contributed by atoms with van der Waals surface area (Å²) in [5, 5.41) is 7.27. The molecule has 1 atom stereocenters. The number of rotatable bonds is 2. The summed E-state index contributed by atoms with van der Waals surface area (Å²) >= 11 is 0. The lowest BCUT2D eigenvalue weighted by atomic mass is 10.1. The van der Waals surface area contributed by atoms with Crippen LogP contribution in [0.3, 0.4) is 0 Å². The van der Waals surface area contributed by atoms with Crippen LogP contribution in [0, 0.1) is 0 Å². The molecule has 0 aromatic carbocycles. The molecular weight excluding hydrogens is 182 g/mol. The number of aromatic nitrogens is 2. The van der Waals surface area contributed by atoms with E-state index in [2.05, 4.69) is 15.5 Å². The van der Waals surface area contributed by atoms with Crippen molar-refractivity contribution in [2.24, 2.45) is 0 Å². The van der Waals surface area contributed by atoms with Crippen LogP contribution in [0.1, 0.15) is 37.5 Å². The molecule has 5 heteroatoms. The molecule has 1 fully saturated rings. The molecule has 2 heterocycles. The first kappa shape index (κ1) is 9.45. The number of ether oxygens (including phenoxy) is 1. The summed E-state index contributed by atoms with van der Waals surface area (Å²) in [7, 11) is 1.53. The number of nitrogens with one attached hydrogen (secondary N) is 1. The van der Waals surface area contributed by atoms with E-state index in [1.165, 1.54) is 26.4 Å². The quantitative estimate of drug-likeness (QED) is 0.774. The molecular formula is C9H15N3O2. The molecule has 0 amide bonds. The molecule has 0 bridgehead atoms. The lowest BCUT2D eigenvalue weighted by Gasteiger charge is -2.09. The van der Waals surface area contributed by atoms with Crippen molar-refractivity contribution in [2.45, 2.75) is 31.7 Å². The Kier molecular flexibility index (Phi) is 2.98. The Labute approximate surface area is 82.8 Å². The molecule has 1 aromatic heterocycles. The molecule has 2 rings (SSSR count). The van der Waals surface area contributed by atoms with Gasteiger partial charge in [-0.1, -0.05) is 18.0 Å². The van der Waals surface area contributed by atoms with Crippen LogP contribution < -0.4 is 10.1 Å². The molecule has 1 unspecified atom stereocenters. The molecule has 5 nitrogen and oxygen atoms in total. The Morgan fingerprint density at radius 1 is 1.43 bits per heavy atom. The summed E-state index contributed by atoms with van der Waals surface area (Å²) < 4.78 is 9.73. The predicted octanol–water partition coefficient (Wildman–Crippen LogP) is 1.28. The van der Waals surface area contributed by atoms with E-state index in [1.54, 1.807) is 0 Å². The van der Waals surface area contributed by atoms with Crippen molar-refractivity contribution >= 4 is 0 Å². The predicted molar refractivity (Wildman–Crippen MR) is 50.1 cm³/mol. The van der Waals surface area contributed by atoms with Crippen LogP contribution in [0.2, 0.25) is 0 Å². The van der Waals surface area contributed by atoms with Gasteiger partial charge in [0.1, 0.15) is 0 Å². The summed E-state index contributed by atoms with van der Waals surface area (Å²) in [4.78, 5) is 4.13. The van der Waals surface area contributed by atoms with Gasteiger partial charge >= 0.3 is 6.08 Å². The van der Waals surface area contributed by atoms with E-state index in [0.29, 0.717) is 5.82 Å². The molecule has 0 saturated carbocycles. The Hall–Kier alpha value is -1.10. The maximum Gasteiger partial charge on any atom is 0.417 e. The third-order valence-electron chi connectivity index (χ3n) is 2.47. The minimum atomic E-state index is 0.227. The highest BCUT2D eigenvalue weighted by Crippen LogP contribution is 2.21. The van der Waals surface area contributed by atoms with Crippen molar-refractivity contribution in [2.75, 3.05) is 13.7 Å². The maximum atomic E-state index is 4.88. The maximum absolute atomic E-state index is 4.88. The second-order valence-electron chi connectivity index (χ2n) is 3.48. The molecule has 1 N–H and O–H groups in total. The normalized spacial score (nSPS) is 23.1. The van der Waals surface area contributed by atoms with Crippen molar-refractivity contribution in [3.8, 4) is 6.08 Å². The minimum Gasteiger partial charge on any atom is -0.452 e. The molecule has 1 aliphatic rings. The van der Waals surface area contributed by atoms with Gasteiger partial charge in [-0.25, -0.2) is 0 Å². The molecule has 0 radical (unpaired) electrons. The van der Waals surface area contributed by atoms with E-state index < -0.39 is 0 Å². The standard InChI is InChI=1S/C9H15N3O2/c1-13-9-11-8(12-14-9)7-5-3-2-4-6-10-7/h7,10H,2-6H2,1H3. The zero-order chi connectivity index (χ0) is 9.80. The first-order valence-corrected chi connectivity index (χ1v) is 5.01. The molecule has 78 valence electrons. The molecule has 1 aromatic rings. The van der Waals surface area contributed by atoms with Crippen LogP contribution >= 0.6 is 0 Å². The highest BCUT2D eigenvalue weighted by Gasteiger charge is 2.19. The Morgan fingerprint density at radius 2 is 2.36 bits per heavy atom. The van der Waals surface area contributed by atoms with Crippen molar-refractivity contribution in [3.05, 3.63) is 5.82 Å². The summed E-state index contributed by atoms with van der Waals surface area (Å²) in [6, 6.07) is 0.227. The lowest BCUT2D eigenvalue weighted by Crippen LogP contribution is -2.21. The second kappa shape index (κ2) is 4.41. The fraction of sp³-hybridized carbons (Fsp3) is 0.778. The van der Waals surface area contributed by atoms with Gasteiger partial charge in [0.05, 0.1) is 13.2 Å². The topological polar surface area (TPSA) is 60.2 Å². The average molecular weight is 197 g/mol. The van der Waals surface area contributed by atoms with Gasteiger partial charge in [0.2, 0.25) is 0 Å². The highest BCUT2D eigenvalue weighted by molar-refractivity contribution is 4.97. The summed E-state index contributed by atoms with van der Waals surface area (Å²) in [6.07, 6.45) is 5.03. The van der Waals surface area contributed by atoms with Gasteiger partial charge in [-0.15, -0.1) is 0 Å². The fourth-order valence-corrected chi connectivity index (χ4v) is 1.69. The SMILES string of the molecule is COc1nc(C2CCCCCN2)no1. The van der Waals surface area contributed by atoms with E-state index in [-0.39, 0.29) is 12.1 Å². The first-order chi connectivity index (χ1) is 6.90.